The second-order valence-electron chi connectivity index (χ2n) is 17.6. The van der Waals surface area contributed by atoms with Crippen molar-refractivity contribution in [2.75, 3.05) is 0 Å². The van der Waals surface area contributed by atoms with Crippen LogP contribution >= 0.6 is 0 Å². The smallest absolute Gasteiger partial charge is 0.216 e. The largest absolute Gasteiger partial charge is 0.486 e. The molecule has 1 radical (unpaired) electrons. The maximum absolute atomic E-state index is 6.44. The van der Waals surface area contributed by atoms with E-state index in [1.165, 1.54) is 38.6 Å². The molecule has 3 aromatic carbocycles. The summed E-state index contributed by atoms with van der Waals surface area (Å²) in [5, 5.41) is 3.61. The normalized spacial score (nSPS) is 11.8. The first-order valence-electron chi connectivity index (χ1n) is 19.2. The molecular formula is C49H55IrN3OSi-2. The zero-order valence-corrected chi connectivity index (χ0v) is 38.1. The summed E-state index contributed by atoms with van der Waals surface area (Å²) in [5.41, 5.74) is 15.3. The third kappa shape index (κ3) is 9.78. The fourth-order valence-electron chi connectivity index (χ4n) is 7.59. The third-order valence-electron chi connectivity index (χ3n) is 9.77. The van der Waals surface area contributed by atoms with Gasteiger partial charge in [-0.15, -0.1) is 53.6 Å². The molecule has 7 aromatic rings. The van der Waals surface area contributed by atoms with E-state index in [0.717, 1.165) is 63.0 Å². The molecular weight excluding hydrogens is 867 g/mol. The van der Waals surface area contributed by atoms with Gasteiger partial charge in [-0.05, 0) is 90.8 Å². The topological polar surface area (TPSA) is 51.8 Å². The average Bonchev–Trinajstić information content (AvgIpc) is 3.47. The van der Waals surface area contributed by atoms with E-state index in [0.29, 0.717) is 11.6 Å². The van der Waals surface area contributed by atoms with E-state index in [1.54, 1.807) is 0 Å². The van der Waals surface area contributed by atoms with Crippen LogP contribution in [-0.4, -0.2) is 23.0 Å². The van der Waals surface area contributed by atoms with Crippen molar-refractivity contribution in [3.8, 4) is 33.8 Å². The van der Waals surface area contributed by atoms with Gasteiger partial charge in [-0.2, -0.15) is 0 Å². The van der Waals surface area contributed by atoms with Crippen molar-refractivity contribution in [3.05, 3.63) is 131 Å². The van der Waals surface area contributed by atoms with E-state index >= 15 is 0 Å². The van der Waals surface area contributed by atoms with Crippen LogP contribution in [0.2, 0.25) is 19.6 Å². The summed E-state index contributed by atoms with van der Waals surface area (Å²) in [5.74, 6) is 0.667. The Kier molecular flexibility index (Phi) is 12.9. The molecule has 0 atom stereocenters. The van der Waals surface area contributed by atoms with E-state index in [2.05, 4.69) is 159 Å². The van der Waals surface area contributed by atoms with Crippen LogP contribution in [0.15, 0.2) is 89.6 Å². The van der Waals surface area contributed by atoms with E-state index in [4.69, 9.17) is 9.40 Å². The number of rotatable bonds is 7. The van der Waals surface area contributed by atoms with Crippen LogP contribution in [-0.2, 0) is 32.9 Å². The number of nitrogens with zero attached hydrogens (tertiary/aromatic N) is 3. The molecule has 0 unspecified atom stereocenters. The predicted molar refractivity (Wildman–Crippen MR) is 231 cm³/mol. The Morgan fingerprint density at radius 1 is 0.800 bits per heavy atom. The fourth-order valence-corrected chi connectivity index (χ4v) is 9.18. The van der Waals surface area contributed by atoms with Gasteiger partial charge < -0.3 is 14.4 Å². The zero-order valence-electron chi connectivity index (χ0n) is 34.7. The van der Waals surface area contributed by atoms with Gasteiger partial charge in [0.05, 0.1) is 19.4 Å². The number of hydrogen-bond acceptors (Lipinski definition) is 4. The average molecular weight is 922 g/mol. The summed E-state index contributed by atoms with van der Waals surface area (Å²) in [6.07, 6.45) is 6.11. The second kappa shape index (κ2) is 16.9. The standard InChI is InChI=1S/C31H31N2O.C18H24NSi.Ir/c1-18-14-20(3)27(21(4)15-18)25-11-10-24-28-19(2)8-9-23(29(28)34-30(24)33-25)26-16-22(12-13-32-26)17-31(5,6)7;1-14(2)11-16-12-17(15-9-7-6-8-10-15)19-13-18(16)20(3,4)5;/h8,10-16H,17H2,1-7H3;6-9,12-14H,11H2,1-5H3;/q2*-1;. The van der Waals surface area contributed by atoms with Crippen LogP contribution in [0.5, 0.6) is 0 Å². The summed E-state index contributed by atoms with van der Waals surface area (Å²) in [6.45, 7) is 27.0. The third-order valence-corrected chi connectivity index (χ3v) is 11.8. The Morgan fingerprint density at radius 3 is 2.16 bits per heavy atom. The van der Waals surface area contributed by atoms with Crippen LogP contribution in [0.3, 0.4) is 0 Å². The molecule has 0 aliphatic carbocycles. The van der Waals surface area contributed by atoms with Gasteiger partial charge in [0.15, 0.2) is 0 Å². The molecule has 0 saturated carbocycles. The minimum Gasteiger partial charge on any atom is -0.486 e. The summed E-state index contributed by atoms with van der Waals surface area (Å²) >= 11 is 0. The van der Waals surface area contributed by atoms with Gasteiger partial charge in [0.25, 0.3) is 0 Å². The van der Waals surface area contributed by atoms with Crippen molar-refractivity contribution in [2.45, 2.75) is 94.8 Å². The molecule has 0 N–H and O–H groups in total. The molecule has 0 saturated heterocycles. The van der Waals surface area contributed by atoms with Gasteiger partial charge in [0.2, 0.25) is 5.71 Å². The molecule has 55 heavy (non-hydrogen) atoms. The van der Waals surface area contributed by atoms with Crippen LogP contribution in [0.25, 0.3) is 55.8 Å². The quantitative estimate of drug-likeness (QED) is 0.118. The monoisotopic (exact) mass is 922 g/mol. The first kappa shape index (κ1) is 41.9. The van der Waals surface area contributed by atoms with E-state index in [9.17, 15) is 0 Å². The minimum absolute atomic E-state index is 0. The van der Waals surface area contributed by atoms with Gasteiger partial charge in [0, 0.05) is 43.4 Å². The van der Waals surface area contributed by atoms with E-state index < -0.39 is 8.07 Å². The summed E-state index contributed by atoms with van der Waals surface area (Å²) in [4.78, 5) is 14.3. The van der Waals surface area contributed by atoms with Gasteiger partial charge >= 0.3 is 0 Å². The first-order chi connectivity index (χ1) is 25.5. The van der Waals surface area contributed by atoms with Crippen molar-refractivity contribution in [1.29, 1.82) is 0 Å². The number of hydrogen-bond donors (Lipinski definition) is 0. The molecule has 0 fully saturated rings. The van der Waals surface area contributed by atoms with Crippen LogP contribution in [0.1, 0.15) is 68.0 Å². The number of aromatic nitrogens is 3. The molecule has 0 bridgehead atoms. The number of pyridine rings is 3. The summed E-state index contributed by atoms with van der Waals surface area (Å²) in [6, 6.07) is 32.0. The van der Waals surface area contributed by atoms with Crippen molar-refractivity contribution < 1.29 is 24.5 Å². The number of aryl methyl sites for hydroxylation is 4. The van der Waals surface area contributed by atoms with Crippen LogP contribution in [0, 0.1) is 51.2 Å². The molecule has 287 valence electrons. The van der Waals surface area contributed by atoms with Crippen LogP contribution in [0.4, 0.5) is 0 Å². The number of benzene rings is 3. The molecule has 0 aliphatic rings. The minimum atomic E-state index is -1.34. The van der Waals surface area contributed by atoms with Crippen molar-refractivity contribution in [1.82, 2.24) is 15.0 Å². The van der Waals surface area contributed by atoms with Gasteiger partial charge in [-0.25, -0.2) is 4.98 Å². The van der Waals surface area contributed by atoms with Gasteiger partial charge in [0.1, 0.15) is 0 Å². The Bertz CT molecular complexity index is 2410. The molecule has 4 nitrogen and oxygen atoms in total. The SMILES string of the molecule is CC(C)Cc1cc(-c2[c-]cccc2)ncc1[Si](C)(C)C.Cc1cc(C)c(-c2ccc3c(n2)oc2c(-c4cc(CC(C)(C)C)ccn4)[c-]cc(C)c23)c(C)c1.[Ir]. The van der Waals surface area contributed by atoms with Gasteiger partial charge in [-0.3, -0.25) is 0 Å². The molecule has 0 aliphatic heterocycles. The Morgan fingerprint density at radius 2 is 1.53 bits per heavy atom. The zero-order chi connectivity index (χ0) is 38.9. The molecule has 7 rings (SSSR count). The maximum atomic E-state index is 6.44. The maximum Gasteiger partial charge on any atom is 0.216 e. The van der Waals surface area contributed by atoms with Crippen molar-refractivity contribution in [3.63, 3.8) is 0 Å². The summed E-state index contributed by atoms with van der Waals surface area (Å²) < 4.78 is 6.44. The van der Waals surface area contributed by atoms with Crippen molar-refractivity contribution in [2.24, 2.45) is 11.3 Å². The Labute approximate surface area is 343 Å². The predicted octanol–water partition coefficient (Wildman–Crippen LogP) is 12.6. The molecule has 0 amide bonds. The fraction of sp³-hybridized carbons (Fsp3) is 0.327. The molecule has 0 spiro atoms. The second-order valence-corrected chi connectivity index (χ2v) is 22.7. The van der Waals surface area contributed by atoms with E-state index in [1.807, 2.05) is 30.5 Å². The Balaban J connectivity index is 0.000000237. The molecule has 6 heteroatoms. The summed E-state index contributed by atoms with van der Waals surface area (Å²) in [7, 11) is -1.34. The van der Waals surface area contributed by atoms with Gasteiger partial charge in [-0.1, -0.05) is 113 Å². The number of fused-ring (bicyclic) bond motifs is 3. The molecule has 4 aromatic heterocycles. The Hall–Kier alpha value is -4.22. The molecule has 4 heterocycles. The van der Waals surface area contributed by atoms with Crippen LogP contribution < -0.4 is 5.19 Å². The van der Waals surface area contributed by atoms with E-state index in [-0.39, 0.29) is 25.5 Å². The van der Waals surface area contributed by atoms with Crippen molar-refractivity contribution >= 4 is 35.3 Å². The number of furan rings is 1. The first-order valence-corrected chi connectivity index (χ1v) is 22.7.